The van der Waals surface area contributed by atoms with Crippen molar-refractivity contribution in [3.63, 3.8) is 0 Å². The zero-order valence-corrected chi connectivity index (χ0v) is 12.7. The molecule has 0 spiro atoms. The molecule has 1 aliphatic rings. The third-order valence-corrected chi connectivity index (χ3v) is 4.15. The second kappa shape index (κ2) is 5.49. The summed E-state index contributed by atoms with van der Waals surface area (Å²) < 4.78 is 6.00. The van der Waals surface area contributed by atoms with Gasteiger partial charge in [-0.25, -0.2) is 0 Å². The van der Waals surface area contributed by atoms with Crippen LogP contribution in [0, 0.1) is 18.3 Å². The summed E-state index contributed by atoms with van der Waals surface area (Å²) in [5.41, 5.74) is 2.38. The van der Waals surface area contributed by atoms with Gasteiger partial charge in [-0.2, -0.15) is 0 Å². The summed E-state index contributed by atoms with van der Waals surface area (Å²) >= 11 is 0. The molecule has 1 fully saturated rings. The maximum Gasteiger partial charge on any atom is 0.0665 e. The van der Waals surface area contributed by atoms with Crippen molar-refractivity contribution in [1.29, 1.82) is 0 Å². The molecule has 1 heterocycles. The molecule has 2 atom stereocenters. The van der Waals surface area contributed by atoms with E-state index in [4.69, 9.17) is 4.74 Å². The second-order valence-corrected chi connectivity index (χ2v) is 6.61. The number of pyridine rings is 1. The van der Waals surface area contributed by atoms with Crippen LogP contribution < -0.4 is 5.32 Å². The molecule has 106 valence electrons. The summed E-state index contributed by atoms with van der Waals surface area (Å²) in [7, 11) is 0. The third kappa shape index (κ3) is 3.08. The second-order valence-electron chi connectivity index (χ2n) is 6.61. The van der Waals surface area contributed by atoms with E-state index >= 15 is 0 Å². The van der Waals surface area contributed by atoms with Gasteiger partial charge in [0.2, 0.25) is 0 Å². The van der Waals surface area contributed by atoms with E-state index in [0.717, 1.165) is 24.4 Å². The standard InChI is InChI=1S/C16H26N2O/c1-11(2)10-19-15-9-14(16(15,4)5)18-13-7-6-8-17-12(13)3/h6-8,11,14-15,18H,9-10H2,1-5H3. The van der Waals surface area contributed by atoms with Crippen LogP contribution in [0.25, 0.3) is 0 Å². The van der Waals surface area contributed by atoms with E-state index in [1.807, 2.05) is 19.2 Å². The lowest BCUT2D eigenvalue weighted by atomic mass is 9.64. The number of anilines is 1. The summed E-state index contributed by atoms with van der Waals surface area (Å²) in [4.78, 5) is 4.32. The molecule has 0 saturated heterocycles. The van der Waals surface area contributed by atoms with E-state index in [1.165, 1.54) is 0 Å². The van der Waals surface area contributed by atoms with Gasteiger partial charge >= 0.3 is 0 Å². The molecular formula is C16H26N2O. The minimum atomic E-state index is 0.178. The van der Waals surface area contributed by atoms with Crippen molar-refractivity contribution in [3.05, 3.63) is 24.0 Å². The molecule has 1 N–H and O–H groups in total. The summed E-state index contributed by atoms with van der Waals surface area (Å²) in [5.74, 6) is 0.600. The lowest BCUT2D eigenvalue weighted by molar-refractivity contribution is -0.108. The molecule has 0 amide bonds. The van der Waals surface area contributed by atoms with Crippen LogP contribution >= 0.6 is 0 Å². The van der Waals surface area contributed by atoms with Crippen molar-refractivity contribution in [1.82, 2.24) is 4.98 Å². The Kier molecular flexibility index (Phi) is 4.14. The normalized spacial score (nSPS) is 25.2. The Morgan fingerprint density at radius 2 is 2.21 bits per heavy atom. The molecule has 19 heavy (non-hydrogen) atoms. The van der Waals surface area contributed by atoms with E-state index < -0.39 is 0 Å². The Labute approximate surface area is 116 Å². The quantitative estimate of drug-likeness (QED) is 0.879. The summed E-state index contributed by atoms with van der Waals surface area (Å²) in [6.07, 6.45) is 3.28. The van der Waals surface area contributed by atoms with Crippen molar-refractivity contribution in [2.45, 2.75) is 53.2 Å². The highest BCUT2D eigenvalue weighted by atomic mass is 16.5. The molecule has 3 nitrogen and oxygen atoms in total. The monoisotopic (exact) mass is 262 g/mol. The minimum absolute atomic E-state index is 0.178. The Bertz CT molecular complexity index is 429. The maximum atomic E-state index is 6.00. The fourth-order valence-electron chi connectivity index (χ4n) is 2.55. The van der Waals surface area contributed by atoms with E-state index in [1.54, 1.807) is 0 Å². The lowest BCUT2D eigenvalue weighted by Crippen LogP contribution is -2.58. The number of rotatable bonds is 5. The molecule has 1 saturated carbocycles. The molecule has 3 heteroatoms. The van der Waals surface area contributed by atoms with Crippen molar-refractivity contribution in [2.75, 3.05) is 11.9 Å². The fraction of sp³-hybridized carbons (Fsp3) is 0.688. The van der Waals surface area contributed by atoms with Crippen LogP contribution in [0.2, 0.25) is 0 Å². The van der Waals surface area contributed by atoms with Gasteiger partial charge in [-0.1, -0.05) is 27.7 Å². The number of hydrogen-bond donors (Lipinski definition) is 1. The van der Waals surface area contributed by atoms with Gasteiger partial charge in [-0.15, -0.1) is 0 Å². The van der Waals surface area contributed by atoms with E-state index in [0.29, 0.717) is 18.1 Å². The van der Waals surface area contributed by atoms with Crippen LogP contribution in [0.5, 0.6) is 0 Å². The van der Waals surface area contributed by atoms with Crippen molar-refractivity contribution in [3.8, 4) is 0 Å². The van der Waals surface area contributed by atoms with Crippen LogP contribution in [0.3, 0.4) is 0 Å². The van der Waals surface area contributed by atoms with E-state index in [2.05, 4.69) is 44.1 Å². The number of hydrogen-bond acceptors (Lipinski definition) is 3. The topological polar surface area (TPSA) is 34.2 Å². The zero-order chi connectivity index (χ0) is 14.0. The largest absolute Gasteiger partial charge is 0.380 e. The molecule has 0 aromatic carbocycles. The maximum absolute atomic E-state index is 6.00. The van der Waals surface area contributed by atoms with Crippen LogP contribution in [0.1, 0.15) is 39.8 Å². The highest BCUT2D eigenvalue weighted by Crippen LogP contribution is 2.44. The van der Waals surface area contributed by atoms with Gasteiger partial charge in [-0.05, 0) is 31.4 Å². The first-order valence-electron chi connectivity index (χ1n) is 7.21. The smallest absolute Gasteiger partial charge is 0.0665 e. The number of aromatic nitrogens is 1. The number of ether oxygens (including phenoxy) is 1. The molecule has 0 aliphatic heterocycles. The van der Waals surface area contributed by atoms with E-state index in [9.17, 15) is 0 Å². The summed E-state index contributed by atoms with van der Waals surface area (Å²) in [6, 6.07) is 4.54. The Morgan fingerprint density at radius 3 is 2.79 bits per heavy atom. The van der Waals surface area contributed by atoms with Crippen LogP contribution in [-0.2, 0) is 4.74 Å². The molecule has 2 unspecified atom stereocenters. The minimum Gasteiger partial charge on any atom is -0.380 e. The summed E-state index contributed by atoms with van der Waals surface area (Å²) in [6.45, 7) is 11.9. The Morgan fingerprint density at radius 1 is 1.47 bits per heavy atom. The fourth-order valence-corrected chi connectivity index (χ4v) is 2.55. The predicted molar refractivity (Wildman–Crippen MR) is 79.4 cm³/mol. The molecule has 1 aliphatic carbocycles. The Balaban J connectivity index is 1.93. The summed E-state index contributed by atoms with van der Waals surface area (Å²) in [5, 5.41) is 3.61. The van der Waals surface area contributed by atoms with Crippen molar-refractivity contribution >= 4 is 5.69 Å². The van der Waals surface area contributed by atoms with Gasteiger partial charge in [0.15, 0.2) is 0 Å². The molecule has 1 aromatic heterocycles. The SMILES string of the molecule is Cc1ncccc1NC1CC(OCC(C)C)C1(C)C. The molecule has 0 radical (unpaired) electrons. The van der Waals surface area contributed by atoms with Gasteiger partial charge in [0.1, 0.15) is 0 Å². The highest BCUT2D eigenvalue weighted by Gasteiger charge is 2.49. The number of nitrogens with one attached hydrogen (secondary N) is 1. The average Bonchev–Trinajstić information content (AvgIpc) is 2.34. The van der Waals surface area contributed by atoms with Crippen LogP contribution in [0.4, 0.5) is 5.69 Å². The third-order valence-electron chi connectivity index (χ3n) is 4.15. The van der Waals surface area contributed by atoms with Gasteiger partial charge in [0, 0.05) is 24.3 Å². The van der Waals surface area contributed by atoms with Crippen molar-refractivity contribution in [2.24, 2.45) is 11.3 Å². The molecule has 0 bridgehead atoms. The lowest BCUT2D eigenvalue weighted by Gasteiger charge is -2.52. The van der Waals surface area contributed by atoms with Crippen molar-refractivity contribution < 1.29 is 4.74 Å². The van der Waals surface area contributed by atoms with Gasteiger partial charge in [0.05, 0.1) is 17.5 Å². The Hall–Kier alpha value is -1.09. The first kappa shape index (κ1) is 14.3. The molecular weight excluding hydrogens is 236 g/mol. The zero-order valence-electron chi connectivity index (χ0n) is 12.7. The number of aryl methyl sites for hydroxylation is 1. The predicted octanol–water partition coefficient (Wildman–Crippen LogP) is 3.64. The van der Waals surface area contributed by atoms with Crippen LogP contribution in [0.15, 0.2) is 18.3 Å². The van der Waals surface area contributed by atoms with Gasteiger partial charge in [0.25, 0.3) is 0 Å². The average molecular weight is 262 g/mol. The van der Waals surface area contributed by atoms with Gasteiger partial charge < -0.3 is 10.1 Å². The van der Waals surface area contributed by atoms with E-state index in [-0.39, 0.29) is 5.41 Å². The van der Waals surface area contributed by atoms with Crippen LogP contribution in [-0.4, -0.2) is 23.7 Å². The number of nitrogens with zero attached hydrogens (tertiary/aromatic N) is 1. The van der Waals surface area contributed by atoms with Gasteiger partial charge in [-0.3, -0.25) is 4.98 Å². The molecule has 2 rings (SSSR count). The molecule has 1 aromatic rings. The highest BCUT2D eigenvalue weighted by molar-refractivity contribution is 5.48. The first-order chi connectivity index (χ1) is 8.91. The first-order valence-corrected chi connectivity index (χ1v) is 7.21.